The number of nitrogens with zero attached hydrogens (tertiary/aromatic N) is 1. The minimum atomic E-state index is -0.532. The number of nitriles is 1. The number of hydrogen-bond donors (Lipinski definition) is 1. The van der Waals surface area contributed by atoms with Crippen LogP contribution in [-0.2, 0) is 14.3 Å². The molecule has 0 spiro atoms. The summed E-state index contributed by atoms with van der Waals surface area (Å²) in [5, 5.41) is 11.2. The van der Waals surface area contributed by atoms with Gasteiger partial charge in [0.2, 0.25) is 5.88 Å². The zero-order valence-corrected chi connectivity index (χ0v) is 12.9. The van der Waals surface area contributed by atoms with Gasteiger partial charge < -0.3 is 15.2 Å². The first-order valence-electron chi connectivity index (χ1n) is 6.48. The smallest absolute Gasteiger partial charge is 0.338 e. The fraction of sp³-hybridized carbons (Fsp3) is 0.333. The largest absolute Gasteiger partial charge is 0.459 e. The van der Waals surface area contributed by atoms with E-state index in [1.807, 2.05) is 23.6 Å². The standard InChI is InChI=1S/C15H16N2O3S/c1-8(2)19-15(18)12-9(3)20-14(17)10(7-16)13(12)11-5-4-6-21-11/h4-6,8,13H,17H2,1-3H3/t13-/m0/s1. The Hall–Kier alpha value is -2.26. The van der Waals surface area contributed by atoms with Gasteiger partial charge in [-0.2, -0.15) is 5.26 Å². The molecule has 1 aromatic heterocycles. The highest BCUT2D eigenvalue weighted by atomic mass is 32.1. The molecule has 6 heteroatoms. The molecule has 1 aromatic rings. The van der Waals surface area contributed by atoms with E-state index in [0.29, 0.717) is 11.3 Å². The first-order valence-corrected chi connectivity index (χ1v) is 7.36. The molecule has 2 rings (SSSR count). The van der Waals surface area contributed by atoms with Crippen LogP contribution in [0.2, 0.25) is 0 Å². The van der Waals surface area contributed by atoms with Crippen LogP contribution in [0, 0.1) is 11.3 Å². The van der Waals surface area contributed by atoms with E-state index in [1.165, 1.54) is 11.3 Å². The Balaban J connectivity index is 2.52. The van der Waals surface area contributed by atoms with E-state index in [2.05, 4.69) is 0 Å². The second-order valence-corrected chi connectivity index (χ2v) is 5.84. The molecule has 0 amide bonds. The maximum atomic E-state index is 12.4. The molecular weight excluding hydrogens is 288 g/mol. The van der Waals surface area contributed by atoms with E-state index < -0.39 is 11.9 Å². The Bertz CT molecular complexity index is 651. The first-order chi connectivity index (χ1) is 9.95. The van der Waals surface area contributed by atoms with Crippen LogP contribution in [-0.4, -0.2) is 12.1 Å². The number of ether oxygens (including phenoxy) is 2. The van der Waals surface area contributed by atoms with Crippen molar-refractivity contribution in [3.05, 3.63) is 45.2 Å². The van der Waals surface area contributed by atoms with Gasteiger partial charge in [-0.1, -0.05) is 6.07 Å². The van der Waals surface area contributed by atoms with Crippen molar-refractivity contribution in [2.24, 2.45) is 5.73 Å². The number of hydrogen-bond acceptors (Lipinski definition) is 6. The second-order valence-electron chi connectivity index (χ2n) is 4.86. The zero-order chi connectivity index (χ0) is 15.6. The Morgan fingerprint density at radius 2 is 2.29 bits per heavy atom. The summed E-state index contributed by atoms with van der Waals surface area (Å²) in [6.45, 7) is 5.19. The van der Waals surface area contributed by atoms with Crippen molar-refractivity contribution < 1.29 is 14.3 Å². The maximum Gasteiger partial charge on any atom is 0.338 e. The van der Waals surface area contributed by atoms with Crippen LogP contribution < -0.4 is 5.73 Å². The summed E-state index contributed by atoms with van der Waals surface area (Å²) in [7, 11) is 0. The van der Waals surface area contributed by atoms with Crippen molar-refractivity contribution in [3.63, 3.8) is 0 Å². The normalized spacial score (nSPS) is 18.5. The number of esters is 1. The van der Waals surface area contributed by atoms with Crippen molar-refractivity contribution in [2.75, 3.05) is 0 Å². The van der Waals surface area contributed by atoms with Crippen molar-refractivity contribution >= 4 is 17.3 Å². The van der Waals surface area contributed by atoms with Crippen LogP contribution in [0.25, 0.3) is 0 Å². The van der Waals surface area contributed by atoms with Gasteiger partial charge in [0.05, 0.1) is 17.6 Å². The molecule has 1 aliphatic rings. The topological polar surface area (TPSA) is 85.3 Å². The zero-order valence-electron chi connectivity index (χ0n) is 12.0. The summed E-state index contributed by atoms with van der Waals surface area (Å²) in [6, 6.07) is 5.77. The van der Waals surface area contributed by atoms with Gasteiger partial charge in [0.1, 0.15) is 17.4 Å². The van der Waals surface area contributed by atoms with Gasteiger partial charge in [-0.3, -0.25) is 0 Å². The van der Waals surface area contributed by atoms with Crippen LogP contribution >= 0.6 is 11.3 Å². The number of thiophene rings is 1. The lowest BCUT2D eigenvalue weighted by Crippen LogP contribution is -2.26. The fourth-order valence-corrected chi connectivity index (χ4v) is 3.01. The molecule has 5 nitrogen and oxygen atoms in total. The van der Waals surface area contributed by atoms with Gasteiger partial charge in [0.25, 0.3) is 0 Å². The minimum Gasteiger partial charge on any atom is -0.459 e. The molecule has 1 atom stereocenters. The highest BCUT2D eigenvalue weighted by Gasteiger charge is 2.37. The highest BCUT2D eigenvalue weighted by Crippen LogP contribution is 2.41. The van der Waals surface area contributed by atoms with Crippen LogP contribution in [0.3, 0.4) is 0 Å². The van der Waals surface area contributed by atoms with Gasteiger partial charge >= 0.3 is 5.97 Å². The Labute approximate surface area is 127 Å². The highest BCUT2D eigenvalue weighted by molar-refractivity contribution is 7.10. The van der Waals surface area contributed by atoms with Gasteiger partial charge in [0.15, 0.2) is 0 Å². The monoisotopic (exact) mass is 304 g/mol. The number of rotatable bonds is 3. The summed E-state index contributed by atoms with van der Waals surface area (Å²) in [4.78, 5) is 13.2. The van der Waals surface area contributed by atoms with Gasteiger partial charge in [0, 0.05) is 4.88 Å². The van der Waals surface area contributed by atoms with E-state index in [4.69, 9.17) is 15.2 Å². The van der Waals surface area contributed by atoms with E-state index >= 15 is 0 Å². The maximum absolute atomic E-state index is 12.4. The number of allylic oxidation sites excluding steroid dienone is 2. The Kier molecular flexibility index (Phi) is 4.34. The summed E-state index contributed by atoms with van der Waals surface area (Å²) < 4.78 is 10.6. The fourth-order valence-electron chi connectivity index (χ4n) is 2.16. The lowest BCUT2D eigenvalue weighted by molar-refractivity contribution is -0.143. The molecule has 110 valence electrons. The molecule has 0 fully saturated rings. The average Bonchev–Trinajstić information content (AvgIpc) is 2.90. The molecule has 0 aliphatic carbocycles. The summed E-state index contributed by atoms with van der Waals surface area (Å²) in [5.74, 6) is -0.610. The van der Waals surface area contributed by atoms with Crippen molar-refractivity contribution in [1.82, 2.24) is 0 Å². The molecule has 1 aliphatic heterocycles. The number of nitrogens with two attached hydrogens (primary N) is 1. The predicted octanol–water partition coefficient (Wildman–Crippen LogP) is 2.78. The molecule has 0 bridgehead atoms. The molecule has 0 unspecified atom stereocenters. The van der Waals surface area contributed by atoms with E-state index in [9.17, 15) is 10.1 Å². The van der Waals surface area contributed by atoms with E-state index in [0.717, 1.165) is 4.88 Å². The van der Waals surface area contributed by atoms with Gasteiger partial charge in [-0.15, -0.1) is 11.3 Å². The molecule has 0 aromatic carbocycles. The molecule has 0 saturated heterocycles. The Morgan fingerprint density at radius 1 is 1.57 bits per heavy atom. The number of carbonyl (C=O) groups is 1. The Morgan fingerprint density at radius 3 is 2.81 bits per heavy atom. The average molecular weight is 304 g/mol. The summed E-state index contributed by atoms with van der Waals surface area (Å²) >= 11 is 1.45. The lowest BCUT2D eigenvalue weighted by Gasteiger charge is -2.26. The quantitative estimate of drug-likeness (QED) is 0.868. The van der Waals surface area contributed by atoms with Crippen molar-refractivity contribution in [2.45, 2.75) is 32.8 Å². The van der Waals surface area contributed by atoms with Crippen LogP contribution in [0.15, 0.2) is 40.3 Å². The van der Waals surface area contributed by atoms with Crippen LogP contribution in [0.4, 0.5) is 0 Å². The number of carbonyl (C=O) groups excluding carboxylic acids is 1. The molecule has 0 radical (unpaired) electrons. The molecule has 2 N–H and O–H groups in total. The third-order valence-electron chi connectivity index (χ3n) is 3.00. The van der Waals surface area contributed by atoms with Gasteiger partial charge in [-0.05, 0) is 32.2 Å². The molecule has 2 heterocycles. The van der Waals surface area contributed by atoms with Crippen molar-refractivity contribution in [3.8, 4) is 6.07 Å². The molecular formula is C15H16N2O3S. The van der Waals surface area contributed by atoms with Crippen molar-refractivity contribution in [1.29, 1.82) is 5.26 Å². The second kappa shape index (κ2) is 6.02. The molecule has 21 heavy (non-hydrogen) atoms. The van der Waals surface area contributed by atoms with E-state index in [-0.39, 0.29) is 17.6 Å². The van der Waals surface area contributed by atoms with Crippen LogP contribution in [0.5, 0.6) is 0 Å². The van der Waals surface area contributed by atoms with Crippen LogP contribution in [0.1, 0.15) is 31.6 Å². The summed E-state index contributed by atoms with van der Waals surface area (Å²) in [5.41, 5.74) is 6.36. The minimum absolute atomic E-state index is 0.0366. The molecule has 0 saturated carbocycles. The SMILES string of the molecule is CC1=C(C(=O)OC(C)C)[C@H](c2cccs2)C(C#N)=C(N)O1. The van der Waals surface area contributed by atoms with Gasteiger partial charge in [-0.25, -0.2) is 4.79 Å². The van der Waals surface area contributed by atoms with E-state index in [1.54, 1.807) is 20.8 Å². The predicted molar refractivity (Wildman–Crippen MR) is 78.9 cm³/mol. The third-order valence-corrected chi connectivity index (χ3v) is 3.93. The first kappa shape index (κ1) is 15.1. The summed E-state index contributed by atoms with van der Waals surface area (Å²) in [6.07, 6.45) is -0.254. The third kappa shape index (κ3) is 2.93. The lowest BCUT2D eigenvalue weighted by atomic mass is 9.87.